The second-order valence-corrected chi connectivity index (χ2v) is 7.79. The highest BCUT2D eigenvalue weighted by Gasteiger charge is 2.27. The molecule has 2 aliphatic heterocycles. The predicted octanol–water partition coefficient (Wildman–Crippen LogP) is 2.86. The Morgan fingerprint density at radius 3 is 2.89 bits per heavy atom. The fraction of sp³-hybridized carbons (Fsp3) is 0.444. The first kappa shape index (κ1) is 22.0. The van der Waals surface area contributed by atoms with E-state index in [0.717, 1.165) is 62.0 Å². The molecule has 2 heterocycles. The average molecular weight is 431 g/mol. The highest BCUT2D eigenvalue weighted by Crippen LogP contribution is 2.35. The van der Waals surface area contributed by atoms with Gasteiger partial charge in [0.1, 0.15) is 0 Å². The number of piperidine rings is 1. The van der Waals surface area contributed by atoms with Gasteiger partial charge in [0, 0.05) is 37.8 Å². The molecule has 1 unspecified atom stereocenters. The van der Waals surface area contributed by atoms with Crippen molar-refractivity contribution in [3.63, 3.8) is 0 Å². The van der Waals surface area contributed by atoms with Crippen molar-refractivity contribution in [1.29, 1.82) is 0 Å². The van der Waals surface area contributed by atoms with Crippen LogP contribution in [0.1, 0.15) is 18.4 Å². The van der Waals surface area contributed by atoms with Crippen LogP contribution >= 0.6 is 35.8 Å². The number of anilines is 1. The van der Waals surface area contributed by atoms with E-state index in [4.69, 9.17) is 11.6 Å². The van der Waals surface area contributed by atoms with E-state index in [1.165, 1.54) is 0 Å². The molecule has 9 heteroatoms. The van der Waals surface area contributed by atoms with Crippen LogP contribution in [0.3, 0.4) is 0 Å². The number of rotatable bonds is 6. The molecular formula is C18H24Cl2N4O2S. The Kier molecular flexibility index (Phi) is 8.44. The molecule has 2 fully saturated rings. The molecule has 0 radical (unpaired) electrons. The van der Waals surface area contributed by atoms with Crippen LogP contribution in [0.15, 0.2) is 23.1 Å². The predicted molar refractivity (Wildman–Crippen MR) is 115 cm³/mol. The SMILES string of the molecule is CNCCNC1CCCN(c2c(Cl)cccc2C=C2SC(=O)NC2=O)C1.Cl. The van der Waals surface area contributed by atoms with Crippen molar-refractivity contribution in [2.75, 3.05) is 38.1 Å². The van der Waals surface area contributed by atoms with Gasteiger partial charge >= 0.3 is 0 Å². The lowest BCUT2D eigenvalue weighted by molar-refractivity contribution is -0.115. The number of thioether (sulfide) groups is 1. The minimum absolute atomic E-state index is 0. The highest BCUT2D eigenvalue weighted by atomic mass is 35.5. The minimum Gasteiger partial charge on any atom is -0.368 e. The molecule has 0 bridgehead atoms. The second-order valence-electron chi connectivity index (χ2n) is 6.37. The first-order chi connectivity index (χ1) is 12.6. The van der Waals surface area contributed by atoms with Crippen molar-refractivity contribution >= 4 is 58.7 Å². The van der Waals surface area contributed by atoms with Gasteiger partial charge in [-0.15, -0.1) is 12.4 Å². The molecule has 0 aliphatic carbocycles. The van der Waals surface area contributed by atoms with Gasteiger partial charge in [0.15, 0.2) is 0 Å². The number of halogens is 2. The van der Waals surface area contributed by atoms with Crippen LogP contribution in [0.5, 0.6) is 0 Å². The molecule has 1 aromatic carbocycles. The third kappa shape index (κ3) is 5.62. The zero-order valence-corrected chi connectivity index (χ0v) is 17.5. The molecule has 0 saturated carbocycles. The number of carbonyl (C=O) groups excluding carboxylic acids is 2. The topological polar surface area (TPSA) is 73.5 Å². The Labute approximate surface area is 174 Å². The summed E-state index contributed by atoms with van der Waals surface area (Å²) in [5, 5.41) is 9.33. The molecule has 3 rings (SSSR count). The summed E-state index contributed by atoms with van der Waals surface area (Å²) in [4.78, 5) is 26.0. The van der Waals surface area contributed by atoms with Gasteiger partial charge in [-0.2, -0.15) is 0 Å². The maximum atomic E-state index is 11.9. The molecule has 0 aromatic heterocycles. The first-order valence-corrected chi connectivity index (χ1v) is 9.94. The maximum absolute atomic E-state index is 11.9. The second kappa shape index (κ2) is 10.3. The molecule has 1 atom stereocenters. The number of nitrogens with one attached hydrogen (secondary N) is 3. The van der Waals surface area contributed by atoms with E-state index in [-0.39, 0.29) is 23.6 Å². The zero-order valence-electron chi connectivity index (χ0n) is 15.1. The number of para-hydroxylation sites is 1. The van der Waals surface area contributed by atoms with Crippen LogP contribution in [0.25, 0.3) is 6.08 Å². The maximum Gasteiger partial charge on any atom is 0.290 e. The normalized spacial score (nSPS) is 21.3. The number of hydrogen-bond donors (Lipinski definition) is 3. The van der Waals surface area contributed by atoms with E-state index >= 15 is 0 Å². The van der Waals surface area contributed by atoms with E-state index in [2.05, 4.69) is 20.9 Å². The minimum atomic E-state index is -0.351. The van der Waals surface area contributed by atoms with Gasteiger partial charge in [-0.25, -0.2) is 0 Å². The van der Waals surface area contributed by atoms with E-state index in [0.29, 0.717) is 16.0 Å². The van der Waals surface area contributed by atoms with Crippen LogP contribution in [-0.2, 0) is 4.79 Å². The van der Waals surface area contributed by atoms with E-state index in [1.54, 1.807) is 6.08 Å². The van der Waals surface area contributed by atoms with Crippen molar-refractivity contribution < 1.29 is 9.59 Å². The Hall–Kier alpha value is -1.25. The van der Waals surface area contributed by atoms with Gasteiger partial charge in [0.2, 0.25) is 0 Å². The summed E-state index contributed by atoms with van der Waals surface area (Å²) in [6.07, 6.45) is 3.96. The number of amides is 2. The fourth-order valence-corrected chi connectivity index (χ4v) is 4.27. The van der Waals surface area contributed by atoms with Gasteiger partial charge < -0.3 is 15.5 Å². The smallest absolute Gasteiger partial charge is 0.290 e. The van der Waals surface area contributed by atoms with Crippen molar-refractivity contribution in [2.24, 2.45) is 0 Å². The van der Waals surface area contributed by atoms with E-state index in [9.17, 15) is 9.59 Å². The molecule has 2 saturated heterocycles. The molecule has 148 valence electrons. The average Bonchev–Trinajstić information content (AvgIpc) is 2.93. The largest absolute Gasteiger partial charge is 0.368 e. The Morgan fingerprint density at radius 1 is 1.37 bits per heavy atom. The third-order valence-electron chi connectivity index (χ3n) is 4.49. The quantitative estimate of drug-likeness (QED) is 0.475. The molecule has 2 amide bonds. The van der Waals surface area contributed by atoms with E-state index < -0.39 is 0 Å². The lowest BCUT2D eigenvalue weighted by Crippen LogP contribution is -2.47. The number of imide groups is 1. The van der Waals surface area contributed by atoms with Crippen LogP contribution in [0, 0.1) is 0 Å². The summed E-state index contributed by atoms with van der Waals surface area (Å²) in [6.45, 7) is 3.64. The number of hydrogen-bond acceptors (Lipinski definition) is 6. The molecule has 1 aromatic rings. The summed E-state index contributed by atoms with van der Waals surface area (Å²) in [7, 11) is 1.94. The summed E-state index contributed by atoms with van der Waals surface area (Å²) in [5.41, 5.74) is 1.79. The van der Waals surface area contributed by atoms with Gasteiger partial charge in [0.05, 0.1) is 15.6 Å². The van der Waals surface area contributed by atoms with Crippen molar-refractivity contribution in [3.05, 3.63) is 33.7 Å². The molecule has 3 N–H and O–H groups in total. The van der Waals surface area contributed by atoms with Gasteiger partial charge in [0.25, 0.3) is 11.1 Å². The number of likely N-dealkylation sites (N-methyl/N-ethyl adjacent to an activating group) is 1. The third-order valence-corrected chi connectivity index (χ3v) is 5.61. The number of carbonyl (C=O) groups is 2. The molecule has 6 nitrogen and oxygen atoms in total. The van der Waals surface area contributed by atoms with Crippen LogP contribution < -0.4 is 20.9 Å². The van der Waals surface area contributed by atoms with Gasteiger partial charge in [-0.1, -0.05) is 23.7 Å². The Morgan fingerprint density at radius 2 is 2.19 bits per heavy atom. The summed E-state index contributed by atoms with van der Waals surface area (Å²) in [5.74, 6) is -0.351. The van der Waals surface area contributed by atoms with Gasteiger partial charge in [-0.05, 0) is 43.8 Å². The van der Waals surface area contributed by atoms with Crippen LogP contribution in [-0.4, -0.2) is 50.4 Å². The number of nitrogens with zero attached hydrogens (tertiary/aromatic N) is 1. The van der Waals surface area contributed by atoms with Gasteiger partial charge in [-0.3, -0.25) is 14.9 Å². The van der Waals surface area contributed by atoms with Crippen molar-refractivity contribution in [3.8, 4) is 0 Å². The lowest BCUT2D eigenvalue weighted by Gasteiger charge is -2.36. The molecule has 27 heavy (non-hydrogen) atoms. The van der Waals surface area contributed by atoms with Crippen LogP contribution in [0.4, 0.5) is 10.5 Å². The van der Waals surface area contributed by atoms with E-state index in [1.807, 2.05) is 25.2 Å². The van der Waals surface area contributed by atoms with Crippen LogP contribution in [0.2, 0.25) is 5.02 Å². The highest BCUT2D eigenvalue weighted by molar-refractivity contribution is 8.18. The number of benzene rings is 1. The molecule has 2 aliphatic rings. The summed E-state index contributed by atoms with van der Waals surface area (Å²) in [6, 6.07) is 6.07. The molecule has 0 spiro atoms. The summed E-state index contributed by atoms with van der Waals surface area (Å²) < 4.78 is 0. The monoisotopic (exact) mass is 430 g/mol. The van der Waals surface area contributed by atoms with Crippen molar-refractivity contribution in [2.45, 2.75) is 18.9 Å². The van der Waals surface area contributed by atoms with Crippen molar-refractivity contribution in [1.82, 2.24) is 16.0 Å². The molecular weight excluding hydrogens is 407 g/mol. The fourth-order valence-electron chi connectivity index (χ4n) is 3.29. The summed E-state index contributed by atoms with van der Waals surface area (Å²) >= 11 is 7.44. The Balaban J connectivity index is 0.00000261. The standard InChI is InChI=1S/C18H23ClN4O2S.ClH/c1-20-7-8-21-13-5-3-9-23(11-13)16-12(4-2-6-14(16)19)10-15-17(24)22-18(25)26-15;/h2,4,6,10,13,20-21H,3,5,7-9,11H2,1H3,(H,22,24,25);1H. The first-order valence-electron chi connectivity index (χ1n) is 8.75. The Bertz CT molecular complexity index is 729. The zero-order chi connectivity index (χ0) is 18.5. The lowest BCUT2D eigenvalue weighted by atomic mass is 10.0.